The predicted octanol–water partition coefficient (Wildman–Crippen LogP) is 7.52. The predicted molar refractivity (Wildman–Crippen MR) is 129 cm³/mol. The highest BCUT2D eigenvalue weighted by atomic mass is 19.2. The second-order valence-electron chi connectivity index (χ2n) is 8.86. The first-order chi connectivity index (χ1) is 16.9. The van der Waals surface area contributed by atoms with E-state index in [-0.39, 0.29) is 23.8 Å². The van der Waals surface area contributed by atoms with Crippen LogP contribution in [-0.2, 0) is 4.79 Å². The van der Waals surface area contributed by atoms with Gasteiger partial charge in [0.05, 0.1) is 5.92 Å². The van der Waals surface area contributed by atoms with E-state index >= 15 is 0 Å². The number of carbonyl (C=O) groups excluding carboxylic acids is 1. The fourth-order valence-electron chi connectivity index (χ4n) is 4.46. The van der Waals surface area contributed by atoms with E-state index in [1.54, 1.807) is 24.3 Å². The molecule has 0 unspecified atom stereocenters. The lowest BCUT2D eigenvalue weighted by Gasteiger charge is -2.27. The molecule has 1 aliphatic rings. The Morgan fingerprint density at radius 3 is 2.29 bits per heavy atom. The maximum atomic E-state index is 14.7. The fraction of sp³-hybridized carbons (Fsp3) is 0.276. The molecule has 0 spiro atoms. The van der Waals surface area contributed by atoms with Gasteiger partial charge in [-0.15, -0.1) is 0 Å². The molecule has 1 aliphatic carbocycles. The molecule has 0 bridgehead atoms. The van der Waals surface area contributed by atoms with Crippen molar-refractivity contribution >= 4 is 5.97 Å². The zero-order valence-electron chi connectivity index (χ0n) is 19.5. The molecule has 0 N–H and O–H groups in total. The van der Waals surface area contributed by atoms with Crippen molar-refractivity contribution in [2.45, 2.75) is 38.5 Å². The van der Waals surface area contributed by atoms with E-state index in [1.165, 1.54) is 18.2 Å². The van der Waals surface area contributed by atoms with Crippen molar-refractivity contribution in [3.8, 4) is 22.6 Å². The molecule has 182 valence electrons. The summed E-state index contributed by atoms with van der Waals surface area (Å²) < 4.78 is 54.2. The van der Waals surface area contributed by atoms with Gasteiger partial charge in [-0.1, -0.05) is 48.6 Å². The molecule has 3 aromatic carbocycles. The second kappa shape index (κ2) is 10.8. The van der Waals surface area contributed by atoms with Crippen LogP contribution in [0.15, 0.2) is 67.3 Å². The van der Waals surface area contributed by atoms with Crippen LogP contribution < -0.4 is 9.47 Å². The number of ether oxygens (including phenoxy) is 2. The number of rotatable bonds is 7. The highest BCUT2D eigenvalue weighted by Gasteiger charge is 2.30. The molecule has 0 heterocycles. The van der Waals surface area contributed by atoms with E-state index < -0.39 is 35.1 Å². The molecule has 4 rings (SSSR count). The van der Waals surface area contributed by atoms with Gasteiger partial charge in [-0.3, -0.25) is 4.79 Å². The van der Waals surface area contributed by atoms with E-state index in [0.717, 1.165) is 11.1 Å². The normalized spacial score (nSPS) is 17.6. The summed E-state index contributed by atoms with van der Waals surface area (Å²) >= 11 is 0. The van der Waals surface area contributed by atoms with Gasteiger partial charge in [0.15, 0.2) is 23.1 Å². The Kier molecular flexibility index (Phi) is 7.59. The molecular weight excluding hydrogens is 453 g/mol. The molecule has 0 amide bonds. The maximum absolute atomic E-state index is 14.7. The quantitative estimate of drug-likeness (QED) is 0.199. The summed E-state index contributed by atoms with van der Waals surface area (Å²) in [4.78, 5) is 12.7. The first-order valence-corrected chi connectivity index (χ1v) is 11.7. The topological polar surface area (TPSA) is 35.5 Å². The average molecular weight is 481 g/mol. The molecule has 35 heavy (non-hydrogen) atoms. The zero-order chi connectivity index (χ0) is 24.9. The number of halogens is 3. The molecule has 3 nitrogen and oxygen atoms in total. The van der Waals surface area contributed by atoms with Crippen LogP contribution in [0.1, 0.15) is 42.7 Å². The van der Waals surface area contributed by atoms with Gasteiger partial charge >= 0.3 is 5.97 Å². The van der Waals surface area contributed by atoms with Gasteiger partial charge in [0.2, 0.25) is 5.82 Å². The number of benzene rings is 3. The Morgan fingerprint density at radius 2 is 1.63 bits per heavy atom. The molecule has 0 aromatic heterocycles. The van der Waals surface area contributed by atoms with Gasteiger partial charge in [-0.05, 0) is 73.9 Å². The van der Waals surface area contributed by atoms with Crippen LogP contribution in [0.2, 0.25) is 0 Å². The molecule has 0 atom stereocenters. The largest absolute Gasteiger partial charge is 0.486 e. The van der Waals surface area contributed by atoms with Crippen LogP contribution in [0, 0.1) is 30.3 Å². The number of aryl methyl sites for hydroxylation is 1. The lowest BCUT2D eigenvalue weighted by molar-refractivity contribution is -0.140. The lowest BCUT2D eigenvalue weighted by atomic mass is 9.78. The van der Waals surface area contributed by atoms with E-state index in [0.29, 0.717) is 31.2 Å². The fourth-order valence-corrected chi connectivity index (χ4v) is 4.46. The first kappa shape index (κ1) is 24.6. The molecular formula is C29H27F3O3. The molecule has 0 saturated heterocycles. The Morgan fingerprint density at radius 1 is 0.943 bits per heavy atom. The average Bonchev–Trinajstić information content (AvgIpc) is 2.87. The van der Waals surface area contributed by atoms with Gasteiger partial charge in [0.1, 0.15) is 6.61 Å². The van der Waals surface area contributed by atoms with Crippen molar-refractivity contribution in [2.75, 3.05) is 6.61 Å². The molecule has 0 radical (unpaired) electrons. The first-order valence-electron chi connectivity index (χ1n) is 11.7. The highest BCUT2D eigenvalue weighted by Crippen LogP contribution is 2.38. The summed E-state index contributed by atoms with van der Waals surface area (Å²) in [6.07, 6.45) is 3.91. The van der Waals surface area contributed by atoms with Gasteiger partial charge in [0.25, 0.3) is 0 Å². The summed E-state index contributed by atoms with van der Waals surface area (Å²) in [7, 11) is 0. The van der Waals surface area contributed by atoms with Gasteiger partial charge in [-0.2, -0.15) is 4.39 Å². The van der Waals surface area contributed by atoms with Gasteiger partial charge in [-0.25, -0.2) is 8.78 Å². The Hall–Kier alpha value is -3.54. The van der Waals surface area contributed by atoms with Gasteiger partial charge in [0, 0.05) is 5.56 Å². The van der Waals surface area contributed by atoms with Crippen LogP contribution in [-0.4, -0.2) is 12.6 Å². The van der Waals surface area contributed by atoms with E-state index in [2.05, 4.69) is 6.58 Å². The minimum Gasteiger partial charge on any atom is -0.486 e. The second-order valence-corrected chi connectivity index (χ2v) is 8.86. The summed E-state index contributed by atoms with van der Waals surface area (Å²) in [5, 5.41) is 0. The van der Waals surface area contributed by atoms with E-state index in [9.17, 15) is 18.0 Å². The highest BCUT2D eigenvalue weighted by molar-refractivity contribution is 5.76. The Balaban J connectivity index is 1.38. The molecule has 0 aliphatic heterocycles. The monoisotopic (exact) mass is 480 g/mol. The van der Waals surface area contributed by atoms with E-state index in [4.69, 9.17) is 9.47 Å². The molecule has 3 aromatic rings. The van der Waals surface area contributed by atoms with Crippen molar-refractivity contribution in [3.63, 3.8) is 0 Å². The summed E-state index contributed by atoms with van der Waals surface area (Å²) in [5.41, 5.74) is 2.51. The summed E-state index contributed by atoms with van der Waals surface area (Å²) in [6, 6.07) is 14.7. The van der Waals surface area contributed by atoms with Crippen molar-refractivity contribution in [1.82, 2.24) is 0 Å². The van der Waals surface area contributed by atoms with Crippen LogP contribution in [0.4, 0.5) is 13.2 Å². The maximum Gasteiger partial charge on any atom is 0.314 e. The number of hydrogen-bond acceptors (Lipinski definition) is 3. The lowest BCUT2D eigenvalue weighted by Crippen LogP contribution is -2.25. The number of carbonyl (C=O) groups is 1. The smallest absolute Gasteiger partial charge is 0.314 e. The molecule has 1 fully saturated rings. The van der Waals surface area contributed by atoms with Crippen molar-refractivity contribution in [2.24, 2.45) is 5.92 Å². The zero-order valence-corrected chi connectivity index (χ0v) is 19.5. The van der Waals surface area contributed by atoms with Crippen molar-refractivity contribution in [3.05, 3.63) is 95.8 Å². The van der Waals surface area contributed by atoms with Crippen molar-refractivity contribution in [1.29, 1.82) is 0 Å². The van der Waals surface area contributed by atoms with Crippen LogP contribution in [0.3, 0.4) is 0 Å². The third-order valence-corrected chi connectivity index (χ3v) is 6.46. The third kappa shape index (κ3) is 5.59. The number of hydrogen-bond donors (Lipinski definition) is 0. The third-order valence-electron chi connectivity index (χ3n) is 6.46. The Bertz CT molecular complexity index is 1210. The Labute approximate surface area is 203 Å². The summed E-state index contributed by atoms with van der Waals surface area (Å²) in [5.74, 6) is -3.81. The summed E-state index contributed by atoms with van der Waals surface area (Å²) in [6.45, 7) is 5.68. The molecule has 6 heteroatoms. The van der Waals surface area contributed by atoms with Crippen LogP contribution >= 0.6 is 0 Å². The molecule has 1 saturated carbocycles. The van der Waals surface area contributed by atoms with Gasteiger partial charge < -0.3 is 9.47 Å². The standard InChI is InChI=1S/C29H27F3O3/c1-3-16-34-25-14-12-22(17-24(25)30)19-8-10-21(11-9-19)29(33)35-26-15-13-23(27(31)28(26)32)20-6-4-18(2)5-7-20/h3-7,12-15,17,19,21H,1,8-11,16H2,2H3. The van der Waals surface area contributed by atoms with Crippen LogP contribution in [0.25, 0.3) is 11.1 Å². The van der Waals surface area contributed by atoms with Crippen molar-refractivity contribution < 1.29 is 27.4 Å². The SMILES string of the molecule is C=CCOc1ccc(C2CCC(C(=O)Oc3ccc(-c4ccc(C)cc4)c(F)c3F)CC2)cc1F. The van der Waals surface area contributed by atoms with E-state index in [1.807, 2.05) is 25.1 Å². The minimum atomic E-state index is -1.18. The minimum absolute atomic E-state index is 0.102. The van der Waals surface area contributed by atoms with Crippen LogP contribution in [0.5, 0.6) is 11.5 Å². The number of esters is 1.